The van der Waals surface area contributed by atoms with Crippen molar-refractivity contribution in [2.75, 3.05) is 13.7 Å². The summed E-state index contributed by atoms with van der Waals surface area (Å²) < 4.78 is 4.75. The van der Waals surface area contributed by atoms with Gasteiger partial charge in [0.25, 0.3) is 0 Å². The Morgan fingerprint density at radius 1 is 0.800 bits per heavy atom. The highest BCUT2D eigenvalue weighted by atomic mass is 16.5. The lowest BCUT2D eigenvalue weighted by Crippen LogP contribution is -2.51. The summed E-state index contributed by atoms with van der Waals surface area (Å²) >= 11 is 0. The van der Waals surface area contributed by atoms with E-state index in [4.69, 9.17) is 9.72 Å². The Morgan fingerprint density at radius 2 is 1.36 bits per heavy atom. The number of nitrogens with zero attached hydrogens (tertiary/aromatic N) is 3. The molecular weight excluding hydrogens is 632 g/mol. The molecular formula is C39H46N6O5. The van der Waals surface area contributed by atoms with Gasteiger partial charge in [-0.1, -0.05) is 68.8 Å². The topological polar surface area (TPSA) is 153 Å². The Morgan fingerprint density at radius 3 is 1.96 bits per heavy atom. The lowest BCUT2D eigenvalue weighted by molar-refractivity contribution is -0.146. The number of rotatable bonds is 9. The van der Waals surface area contributed by atoms with Gasteiger partial charge in [-0.15, -0.1) is 0 Å². The minimum Gasteiger partial charge on any atom is -0.481 e. The monoisotopic (exact) mass is 678 g/mol. The third kappa shape index (κ3) is 6.53. The van der Waals surface area contributed by atoms with E-state index < -0.39 is 18.1 Å². The number of alkyl carbamates (subject to hydrolysis) is 1. The van der Waals surface area contributed by atoms with E-state index in [1.807, 2.05) is 31.1 Å². The van der Waals surface area contributed by atoms with Crippen molar-refractivity contribution < 1.29 is 24.2 Å². The van der Waals surface area contributed by atoms with Gasteiger partial charge in [0.1, 0.15) is 17.7 Å². The van der Waals surface area contributed by atoms with Crippen LogP contribution in [0.15, 0.2) is 60.9 Å². The predicted molar refractivity (Wildman–Crippen MR) is 189 cm³/mol. The molecule has 11 heteroatoms. The van der Waals surface area contributed by atoms with Crippen molar-refractivity contribution in [2.24, 2.45) is 23.7 Å². The normalized spacial score (nSPS) is 23.8. The quantitative estimate of drug-likeness (QED) is 0.146. The number of carbonyl (C=O) groups excluding carboxylic acids is 2. The van der Waals surface area contributed by atoms with Crippen LogP contribution in [0, 0.1) is 23.7 Å². The third-order valence-electron chi connectivity index (χ3n) is 11.2. The van der Waals surface area contributed by atoms with Crippen molar-refractivity contribution in [1.82, 2.24) is 30.2 Å². The van der Waals surface area contributed by atoms with Gasteiger partial charge in [0, 0.05) is 12.5 Å². The fourth-order valence-electron chi connectivity index (χ4n) is 8.60. The van der Waals surface area contributed by atoms with E-state index in [-0.39, 0.29) is 35.6 Å². The maximum Gasteiger partial charge on any atom is 0.407 e. The molecule has 4 fully saturated rings. The molecule has 1 saturated heterocycles. The maximum absolute atomic E-state index is 13.5. The zero-order valence-corrected chi connectivity index (χ0v) is 28.9. The van der Waals surface area contributed by atoms with Crippen molar-refractivity contribution in [3.05, 3.63) is 72.6 Å². The number of amides is 2. The van der Waals surface area contributed by atoms with Gasteiger partial charge < -0.3 is 30.0 Å². The number of hydrogen-bond donors (Lipinski definition) is 4. The minimum absolute atomic E-state index is 0.0570. The van der Waals surface area contributed by atoms with Crippen LogP contribution in [0.2, 0.25) is 0 Å². The van der Waals surface area contributed by atoms with Crippen LogP contribution in [-0.2, 0) is 14.3 Å². The van der Waals surface area contributed by atoms with E-state index in [1.165, 1.54) is 7.11 Å². The van der Waals surface area contributed by atoms with Crippen LogP contribution in [0.5, 0.6) is 0 Å². The highest BCUT2D eigenvalue weighted by molar-refractivity contribution is 5.86. The van der Waals surface area contributed by atoms with Crippen LogP contribution in [0.1, 0.15) is 82.4 Å². The summed E-state index contributed by atoms with van der Waals surface area (Å²) in [5, 5.41) is 12.8. The molecule has 4 aliphatic rings. The number of methoxy groups -OCH3 is 1. The first kappa shape index (κ1) is 33.6. The Bertz CT molecular complexity index is 1830. The second-order valence-corrected chi connectivity index (χ2v) is 14.5. The summed E-state index contributed by atoms with van der Waals surface area (Å²) in [6.07, 6.45) is 9.97. The molecule has 2 amide bonds. The van der Waals surface area contributed by atoms with Gasteiger partial charge in [-0.05, 0) is 78.5 Å². The fraction of sp³-hybridized carbons (Fsp3) is 0.462. The van der Waals surface area contributed by atoms with Crippen molar-refractivity contribution in [3.8, 4) is 33.6 Å². The second-order valence-electron chi connectivity index (χ2n) is 14.5. The van der Waals surface area contributed by atoms with Crippen molar-refractivity contribution in [1.29, 1.82) is 0 Å². The summed E-state index contributed by atoms with van der Waals surface area (Å²) in [4.78, 5) is 55.9. The number of likely N-dealkylation sites (tertiary alicyclic amines) is 1. The maximum atomic E-state index is 13.5. The van der Waals surface area contributed by atoms with Gasteiger partial charge >= 0.3 is 12.1 Å². The summed E-state index contributed by atoms with van der Waals surface area (Å²) in [6.45, 7) is 4.41. The number of aromatic amines is 2. The Labute approximate surface area is 292 Å². The molecule has 262 valence electrons. The summed E-state index contributed by atoms with van der Waals surface area (Å²) in [6, 6.07) is 15.8. The molecule has 2 aromatic carbocycles. The number of imidazole rings is 2. The van der Waals surface area contributed by atoms with E-state index in [0.29, 0.717) is 12.5 Å². The number of ether oxygens (including phenoxy) is 1. The largest absolute Gasteiger partial charge is 0.481 e. The van der Waals surface area contributed by atoms with Crippen molar-refractivity contribution >= 4 is 18.0 Å². The van der Waals surface area contributed by atoms with Crippen LogP contribution in [0.4, 0.5) is 4.79 Å². The van der Waals surface area contributed by atoms with Crippen LogP contribution >= 0.6 is 0 Å². The van der Waals surface area contributed by atoms with Crippen LogP contribution in [-0.4, -0.2) is 67.6 Å². The molecule has 8 rings (SSSR count). The van der Waals surface area contributed by atoms with E-state index >= 15 is 0 Å². The van der Waals surface area contributed by atoms with Gasteiger partial charge in [-0.2, -0.15) is 0 Å². The van der Waals surface area contributed by atoms with Crippen LogP contribution in [0.25, 0.3) is 33.6 Å². The molecule has 3 heterocycles. The highest BCUT2D eigenvalue weighted by Gasteiger charge is 2.47. The Kier molecular flexibility index (Phi) is 9.48. The standard InChI is InChI=1S/C39H46N6O5/c1-22(2)34(44-39(49)50-3)37(46)45-19-5-8-31(45)35-40-20-29(42-35)25-13-9-23(10-14-25)24-11-15-26(16-12-24)30-21-41-36(43-30)32-27-6-4-7-28(18-17-27)33(32)38(47)48/h9-16,20-22,27-28,31-34H,4-8,17-19H2,1-3H3,(H,40,42)(H,41,43)(H,44,49)(H,47,48)/t27-,28+,31+,32-,33-,34?/m1/s1. The summed E-state index contributed by atoms with van der Waals surface area (Å²) in [7, 11) is 1.29. The fourth-order valence-corrected chi connectivity index (χ4v) is 8.60. The molecule has 4 aromatic rings. The smallest absolute Gasteiger partial charge is 0.407 e. The lowest BCUT2D eigenvalue weighted by Gasteiger charge is -2.37. The zero-order chi connectivity index (χ0) is 34.9. The number of aromatic nitrogens is 4. The molecule has 2 aromatic heterocycles. The number of H-pyrrole nitrogens is 2. The third-order valence-corrected chi connectivity index (χ3v) is 11.2. The average molecular weight is 679 g/mol. The first-order valence-electron chi connectivity index (χ1n) is 17.9. The van der Waals surface area contributed by atoms with Gasteiger partial charge in [0.2, 0.25) is 5.91 Å². The first-order chi connectivity index (χ1) is 24.2. The molecule has 50 heavy (non-hydrogen) atoms. The minimum atomic E-state index is -0.688. The van der Waals surface area contributed by atoms with Crippen molar-refractivity contribution in [3.63, 3.8) is 0 Å². The lowest BCUT2D eigenvalue weighted by atomic mass is 9.67. The van der Waals surface area contributed by atoms with Gasteiger partial charge in [0.05, 0.1) is 42.9 Å². The van der Waals surface area contributed by atoms with E-state index in [9.17, 15) is 19.5 Å². The van der Waals surface area contributed by atoms with Gasteiger partial charge in [-0.3, -0.25) is 9.59 Å². The van der Waals surface area contributed by atoms with E-state index in [2.05, 4.69) is 68.8 Å². The second kappa shape index (κ2) is 14.1. The number of aliphatic carboxylic acids is 1. The SMILES string of the molecule is COC(=O)NC(C(=O)N1CCC[C@H]1c1ncc(-c2ccc(-c3ccc(-c4cnc([C@@H]5[C@@H]6CCC[C@@H](CC6)[C@H]5C(=O)O)[nH]4)cc3)cc2)[nH]1)C(C)C. The first-order valence-corrected chi connectivity index (χ1v) is 17.9. The number of benzene rings is 2. The summed E-state index contributed by atoms with van der Waals surface area (Å²) in [5.74, 6) is 0.814. The van der Waals surface area contributed by atoms with E-state index in [1.54, 1.807) is 0 Å². The van der Waals surface area contributed by atoms with Crippen LogP contribution < -0.4 is 5.32 Å². The number of fused-ring (bicyclic) bond motifs is 4. The Balaban J connectivity index is 1.03. The molecule has 3 saturated carbocycles. The molecule has 0 spiro atoms. The molecule has 4 N–H and O–H groups in total. The molecule has 1 aliphatic heterocycles. The van der Waals surface area contributed by atoms with Gasteiger partial charge in [-0.25, -0.2) is 14.8 Å². The molecule has 3 aliphatic carbocycles. The molecule has 2 bridgehead atoms. The Hall–Kier alpha value is -4.93. The summed E-state index contributed by atoms with van der Waals surface area (Å²) in [5.41, 5.74) is 5.94. The number of hydrogen-bond acceptors (Lipinski definition) is 6. The molecule has 0 radical (unpaired) electrons. The predicted octanol–water partition coefficient (Wildman–Crippen LogP) is 7.17. The number of carboxylic acid groups (broad SMARTS) is 1. The number of nitrogens with one attached hydrogen (secondary N) is 3. The number of carbonyl (C=O) groups is 3. The average Bonchev–Trinajstić information content (AvgIpc) is 3.87. The van der Waals surface area contributed by atoms with Crippen molar-refractivity contribution in [2.45, 2.75) is 76.8 Å². The molecule has 1 unspecified atom stereocenters. The highest BCUT2D eigenvalue weighted by Crippen LogP contribution is 2.51. The number of carboxylic acids is 1. The van der Waals surface area contributed by atoms with Gasteiger partial charge in [0.15, 0.2) is 0 Å². The van der Waals surface area contributed by atoms with E-state index in [0.717, 1.165) is 90.2 Å². The van der Waals surface area contributed by atoms with Crippen LogP contribution in [0.3, 0.4) is 0 Å². The zero-order valence-electron chi connectivity index (χ0n) is 28.9. The molecule has 11 nitrogen and oxygen atoms in total. The molecule has 6 atom stereocenters.